The van der Waals surface area contributed by atoms with Crippen molar-refractivity contribution >= 4 is 11.6 Å². The number of carbonyl (C=O) groups is 1. The average Bonchev–Trinajstić information content (AvgIpc) is 2.78. The number of amides is 1. The first kappa shape index (κ1) is 13.5. The molecule has 1 heterocycles. The number of carbonyl (C=O) groups excluding carboxylic acids is 1. The van der Waals surface area contributed by atoms with Crippen molar-refractivity contribution in [2.24, 2.45) is 5.73 Å². The molecule has 1 aliphatic rings. The van der Waals surface area contributed by atoms with Crippen molar-refractivity contribution in [1.29, 1.82) is 0 Å². The van der Waals surface area contributed by atoms with Crippen LogP contribution in [0.1, 0.15) is 42.6 Å². The van der Waals surface area contributed by atoms with Gasteiger partial charge in [0.2, 0.25) is 0 Å². The number of nitro groups is 1. The topological polar surface area (TPSA) is 114 Å². The predicted octanol–water partition coefficient (Wildman–Crippen LogP) is 1.31. The van der Waals surface area contributed by atoms with Gasteiger partial charge in [0.25, 0.3) is 11.6 Å². The van der Waals surface area contributed by atoms with Gasteiger partial charge in [-0.2, -0.15) is 0 Å². The lowest BCUT2D eigenvalue weighted by atomic mass is 10.0. The molecule has 0 aliphatic heterocycles. The second kappa shape index (κ2) is 5.83. The highest BCUT2D eigenvalue weighted by molar-refractivity contribution is 5.93. The summed E-state index contributed by atoms with van der Waals surface area (Å²) in [7, 11) is 0. The quantitative estimate of drug-likeness (QED) is 0.434. The SMILES string of the molecule is NC1CCCCCC1NC(=O)c1cc([N+](=O)[O-])c[nH]1. The van der Waals surface area contributed by atoms with Gasteiger partial charge in [0.1, 0.15) is 5.69 Å². The number of H-pyrrole nitrogens is 1. The fourth-order valence-corrected chi connectivity index (χ4v) is 2.38. The number of nitrogens with two attached hydrogens (primary N) is 1. The summed E-state index contributed by atoms with van der Waals surface area (Å²) in [6.07, 6.45) is 6.23. The monoisotopic (exact) mass is 266 g/mol. The van der Waals surface area contributed by atoms with E-state index in [0.717, 1.165) is 32.1 Å². The van der Waals surface area contributed by atoms with E-state index < -0.39 is 4.92 Å². The minimum atomic E-state index is -0.537. The first-order valence-corrected chi connectivity index (χ1v) is 6.47. The lowest BCUT2D eigenvalue weighted by molar-refractivity contribution is -0.384. The summed E-state index contributed by atoms with van der Waals surface area (Å²) in [5, 5.41) is 13.4. The molecule has 1 aliphatic carbocycles. The third-order valence-corrected chi connectivity index (χ3v) is 3.51. The Hall–Kier alpha value is -1.89. The molecule has 2 rings (SSSR count). The molecule has 4 N–H and O–H groups in total. The van der Waals surface area contributed by atoms with Gasteiger partial charge in [-0.25, -0.2) is 0 Å². The number of nitrogens with zero attached hydrogens (tertiary/aromatic N) is 1. The maximum absolute atomic E-state index is 12.0. The third-order valence-electron chi connectivity index (χ3n) is 3.51. The Morgan fingerprint density at radius 1 is 1.42 bits per heavy atom. The molecule has 2 atom stereocenters. The van der Waals surface area contributed by atoms with Crippen LogP contribution >= 0.6 is 0 Å². The summed E-state index contributed by atoms with van der Waals surface area (Å²) in [6, 6.07) is 1.13. The molecule has 0 radical (unpaired) electrons. The van der Waals surface area contributed by atoms with Gasteiger partial charge >= 0.3 is 0 Å². The van der Waals surface area contributed by atoms with Crippen LogP contribution in [0.2, 0.25) is 0 Å². The maximum Gasteiger partial charge on any atom is 0.287 e. The zero-order valence-electron chi connectivity index (χ0n) is 10.6. The third kappa shape index (κ3) is 3.31. The van der Waals surface area contributed by atoms with Gasteiger partial charge in [0.05, 0.1) is 11.1 Å². The number of aromatic nitrogens is 1. The van der Waals surface area contributed by atoms with Crippen molar-refractivity contribution in [1.82, 2.24) is 10.3 Å². The highest BCUT2D eigenvalue weighted by atomic mass is 16.6. The lowest BCUT2D eigenvalue weighted by Crippen LogP contribution is -2.47. The van der Waals surface area contributed by atoms with Gasteiger partial charge in [0, 0.05) is 18.2 Å². The summed E-state index contributed by atoms with van der Waals surface area (Å²) in [6.45, 7) is 0. The molecule has 1 fully saturated rings. The number of rotatable bonds is 3. The standard InChI is InChI=1S/C12H18N4O3/c13-9-4-2-1-3-5-10(9)15-12(17)11-6-8(7-14-11)16(18)19/h6-7,9-10,14H,1-5,13H2,(H,15,17). The molecular formula is C12H18N4O3. The highest BCUT2D eigenvalue weighted by Crippen LogP contribution is 2.18. The Balaban J connectivity index is 2.00. The van der Waals surface area contributed by atoms with E-state index >= 15 is 0 Å². The molecule has 1 aromatic heterocycles. The van der Waals surface area contributed by atoms with E-state index in [1.54, 1.807) is 0 Å². The molecule has 1 aromatic rings. The number of nitrogens with one attached hydrogen (secondary N) is 2. The molecular weight excluding hydrogens is 248 g/mol. The first-order valence-electron chi connectivity index (χ1n) is 6.47. The van der Waals surface area contributed by atoms with Crippen LogP contribution in [-0.4, -0.2) is 27.9 Å². The molecule has 0 saturated heterocycles. The fraction of sp³-hybridized carbons (Fsp3) is 0.583. The molecule has 7 heteroatoms. The van der Waals surface area contributed by atoms with Crippen LogP contribution in [0.3, 0.4) is 0 Å². The maximum atomic E-state index is 12.0. The predicted molar refractivity (Wildman–Crippen MR) is 69.8 cm³/mol. The molecule has 1 saturated carbocycles. The Morgan fingerprint density at radius 2 is 2.16 bits per heavy atom. The van der Waals surface area contributed by atoms with Crippen LogP contribution in [0.4, 0.5) is 5.69 Å². The van der Waals surface area contributed by atoms with Gasteiger partial charge < -0.3 is 16.0 Å². The Kier molecular flexibility index (Phi) is 4.16. The average molecular weight is 266 g/mol. The summed E-state index contributed by atoms with van der Waals surface area (Å²) in [5.74, 6) is -0.338. The number of hydrogen-bond acceptors (Lipinski definition) is 4. The Labute approximate surface area is 110 Å². The van der Waals surface area contributed by atoms with E-state index in [2.05, 4.69) is 10.3 Å². The largest absolute Gasteiger partial charge is 0.351 e. The zero-order valence-corrected chi connectivity index (χ0v) is 10.6. The van der Waals surface area contributed by atoms with Crippen molar-refractivity contribution in [2.45, 2.75) is 44.2 Å². The first-order chi connectivity index (χ1) is 9.08. The van der Waals surface area contributed by atoms with Gasteiger partial charge in [-0.05, 0) is 12.8 Å². The van der Waals surface area contributed by atoms with Crippen molar-refractivity contribution in [3.8, 4) is 0 Å². The van der Waals surface area contributed by atoms with Crippen molar-refractivity contribution in [3.05, 3.63) is 28.1 Å². The van der Waals surface area contributed by atoms with Crippen LogP contribution in [0.15, 0.2) is 12.3 Å². The fourth-order valence-electron chi connectivity index (χ4n) is 2.38. The van der Waals surface area contributed by atoms with Crippen molar-refractivity contribution in [2.75, 3.05) is 0 Å². The van der Waals surface area contributed by atoms with E-state index in [1.807, 2.05) is 0 Å². The van der Waals surface area contributed by atoms with Gasteiger partial charge in [-0.1, -0.05) is 19.3 Å². The van der Waals surface area contributed by atoms with Gasteiger partial charge in [0.15, 0.2) is 0 Å². The second-order valence-electron chi connectivity index (χ2n) is 4.91. The van der Waals surface area contributed by atoms with Crippen molar-refractivity contribution in [3.63, 3.8) is 0 Å². The molecule has 0 bridgehead atoms. The molecule has 104 valence electrons. The minimum absolute atomic E-state index is 0.0450. The van der Waals surface area contributed by atoms with Crippen molar-refractivity contribution < 1.29 is 9.72 Å². The van der Waals surface area contributed by atoms with Crippen LogP contribution in [0, 0.1) is 10.1 Å². The van der Waals surface area contributed by atoms with E-state index in [4.69, 9.17) is 5.73 Å². The summed E-state index contributed by atoms with van der Waals surface area (Å²) in [4.78, 5) is 24.6. The van der Waals surface area contributed by atoms with Crippen LogP contribution in [0.5, 0.6) is 0 Å². The molecule has 7 nitrogen and oxygen atoms in total. The van der Waals surface area contributed by atoms with Crippen LogP contribution in [0.25, 0.3) is 0 Å². The normalized spacial score (nSPS) is 23.6. The van der Waals surface area contributed by atoms with E-state index in [9.17, 15) is 14.9 Å². The van der Waals surface area contributed by atoms with Crippen LogP contribution in [-0.2, 0) is 0 Å². The molecule has 1 amide bonds. The molecule has 19 heavy (non-hydrogen) atoms. The second-order valence-corrected chi connectivity index (χ2v) is 4.91. The van der Waals surface area contributed by atoms with E-state index in [-0.39, 0.29) is 29.4 Å². The summed E-state index contributed by atoms with van der Waals surface area (Å²) in [5.41, 5.74) is 6.11. The van der Waals surface area contributed by atoms with Gasteiger partial charge in [-0.3, -0.25) is 14.9 Å². The number of hydrogen-bond donors (Lipinski definition) is 3. The van der Waals surface area contributed by atoms with Crippen LogP contribution < -0.4 is 11.1 Å². The minimum Gasteiger partial charge on any atom is -0.351 e. The van der Waals surface area contributed by atoms with Gasteiger partial charge in [-0.15, -0.1) is 0 Å². The smallest absolute Gasteiger partial charge is 0.287 e. The zero-order chi connectivity index (χ0) is 13.8. The van der Waals surface area contributed by atoms with E-state index in [1.165, 1.54) is 12.3 Å². The lowest BCUT2D eigenvalue weighted by Gasteiger charge is -2.22. The Morgan fingerprint density at radius 3 is 2.84 bits per heavy atom. The molecule has 2 unspecified atom stereocenters. The summed E-state index contributed by atoms with van der Waals surface area (Å²) < 4.78 is 0. The number of aromatic amines is 1. The molecule has 0 spiro atoms. The summed E-state index contributed by atoms with van der Waals surface area (Å²) >= 11 is 0. The highest BCUT2D eigenvalue weighted by Gasteiger charge is 2.23. The molecule has 0 aromatic carbocycles. The Bertz CT molecular complexity index is 471. The van der Waals surface area contributed by atoms with E-state index in [0.29, 0.717) is 0 Å².